The van der Waals surface area contributed by atoms with Crippen molar-refractivity contribution in [3.63, 3.8) is 0 Å². The number of hydrogen-bond donors (Lipinski definition) is 1. The van der Waals surface area contributed by atoms with Crippen molar-refractivity contribution in [2.24, 2.45) is 0 Å². The van der Waals surface area contributed by atoms with Gasteiger partial charge in [-0.15, -0.1) is 11.3 Å². The number of nitrogens with zero attached hydrogens (tertiary/aromatic N) is 2. The monoisotopic (exact) mass is 388 g/mol. The van der Waals surface area contributed by atoms with E-state index in [0.717, 1.165) is 27.4 Å². The van der Waals surface area contributed by atoms with Gasteiger partial charge in [-0.2, -0.15) is 0 Å². The molecule has 3 rings (SSSR count). The van der Waals surface area contributed by atoms with Crippen molar-refractivity contribution < 1.29 is 14.4 Å². The second-order valence-corrected chi connectivity index (χ2v) is 8.09. The molecule has 0 unspecified atom stereocenters. The minimum Gasteiger partial charge on any atom is -0.494 e. The van der Waals surface area contributed by atoms with Crippen LogP contribution in [0.2, 0.25) is 0 Å². The molecule has 0 bridgehead atoms. The van der Waals surface area contributed by atoms with Crippen LogP contribution < -0.4 is 14.5 Å². The maximum Gasteiger partial charge on any atom is 0.253 e. The lowest BCUT2D eigenvalue weighted by Crippen LogP contribution is -3.06. The Morgan fingerprint density at radius 3 is 2.85 bits per heavy atom. The Hall–Kier alpha value is -2.22. The number of hydrogen-bond acceptors (Lipinski definition) is 5. The first-order valence-electron chi connectivity index (χ1n) is 8.34. The third-order valence-corrected chi connectivity index (χ3v) is 5.74. The van der Waals surface area contributed by atoms with Gasteiger partial charge in [0.05, 0.1) is 39.0 Å². The van der Waals surface area contributed by atoms with Crippen molar-refractivity contribution in [1.29, 1.82) is 0 Å². The van der Waals surface area contributed by atoms with Crippen LogP contribution in [-0.4, -0.2) is 45.2 Å². The largest absolute Gasteiger partial charge is 0.494 e. The van der Waals surface area contributed by atoms with Crippen molar-refractivity contribution in [1.82, 2.24) is 4.98 Å². The van der Waals surface area contributed by atoms with Crippen LogP contribution in [0.5, 0.6) is 5.75 Å². The van der Waals surface area contributed by atoms with Gasteiger partial charge < -0.3 is 9.64 Å². The number of benzene rings is 1. The number of carbonyl (C=O) groups excluding carboxylic acids is 1. The summed E-state index contributed by atoms with van der Waals surface area (Å²) in [5.74, 6) is 0.669. The standard InChI is InChI=1S/C19H21N3O2S2/c1-21(2)11-12-22(17(23)10-9-14-6-5-13-25-14)19-20-18-15(24-3)7-4-8-16(18)26-19/h4-10,13H,11-12H2,1-3H3/p+1/b10-9+. The average Bonchev–Trinajstić information content (AvgIpc) is 3.28. The lowest BCUT2D eigenvalue weighted by Gasteiger charge is -2.19. The first kappa shape index (κ1) is 18.6. The van der Waals surface area contributed by atoms with E-state index in [9.17, 15) is 4.79 Å². The average molecular weight is 389 g/mol. The van der Waals surface area contributed by atoms with Gasteiger partial charge in [-0.05, 0) is 29.7 Å². The SMILES string of the molecule is COc1cccc2sc(N(CC[NH+](C)C)C(=O)/C=C/c3cccs3)nc12. The minimum absolute atomic E-state index is 0.0577. The number of rotatable bonds is 7. The zero-order chi connectivity index (χ0) is 18.5. The Bertz CT molecular complexity index is 901. The number of anilines is 1. The molecule has 0 fully saturated rings. The third-order valence-electron chi connectivity index (χ3n) is 3.86. The van der Waals surface area contributed by atoms with Crippen molar-refractivity contribution in [2.45, 2.75) is 0 Å². The molecule has 7 heteroatoms. The summed E-state index contributed by atoms with van der Waals surface area (Å²) in [6, 6.07) is 9.79. The number of para-hydroxylation sites is 1. The van der Waals surface area contributed by atoms with Gasteiger partial charge >= 0.3 is 0 Å². The van der Waals surface area contributed by atoms with Gasteiger partial charge in [0, 0.05) is 11.0 Å². The van der Waals surface area contributed by atoms with Crippen LogP contribution in [0, 0.1) is 0 Å². The number of amides is 1. The summed E-state index contributed by atoms with van der Waals surface area (Å²) in [6.07, 6.45) is 3.48. The molecule has 0 aliphatic heterocycles. The lowest BCUT2D eigenvalue weighted by atomic mass is 10.3. The van der Waals surface area contributed by atoms with Crippen LogP contribution in [0.4, 0.5) is 5.13 Å². The molecule has 3 aromatic rings. The van der Waals surface area contributed by atoms with Crippen LogP contribution in [0.3, 0.4) is 0 Å². The van der Waals surface area contributed by atoms with Gasteiger partial charge in [-0.3, -0.25) is 9.69 Å². The normalized spacial score (nSPS) is 11.5. The Morgan fingerprint density at radius 2 is 2.15 bits per heavy atom. The van der Waals surface area contributed by atoms with Crippen LogP contribution in [-0.2, 0) is 4.79 Å². The molecule has 136 valence electrons. The first-order chi connectivity index (χ1) is 12.6. The molecule has 0 saturated heterocycles. The van der Waals surface area contributed by atoms with E-state index in [0.29, 0.717) is 11.7 Å². The van der Waals surface area contributed by atoms with Crippen molar-refractivity contribution in [3.05, 3.63) is 46.7 Å². The van der Waals surface area contributed by atoms with E-state index in [1.807, 2.05) is 41.8 Å². The van der Waals surface area contributed by atoms with E-state index < -0.39 is 0 Å². The minimum atomic E-state index is -0.0577. The summed E-state index contributed by atoms with van der Waals surface area (Å²) >= 11 is 3.12. The van der Waals surface area contributed by atoms with Crippen molar-refractivity contribution >= 4 is 50.0 Å². The number of nitrogens with one attached hydrogen (secondary N) is 1. The second kappa shape index (κ2) is 8.44. The summed E-state index contributed by atoms with van der Waals surface area (Å²) in [5, 5.41) is 2.70. The van der Waals surface area contributed by atoms with Gasteiger partial charge in [0.25, 0.3) is 5.91 Å². The van der Waals surface area contributed by atoms with E-state index in [1.54, 1.807) is 29.4 Å². The Balaban J connectivity index is 1.91. The van der Waals surface area contributed by atoms with Crippen LogP contribution in [0.25, 0.3) is 16.3 Å². The van der Waals surface area contributed by atoms with Crippen molar-refractivity contribution in [2.75, 3.05) is 39.2 Å². The number of thiophene rings is 1. The maximum absolute atomic E-state index is 12.9. The maximum atomic E-state index is 12.9. The highest BCUT2D eigenvalue weighted by molar-refractivity contribution is 7.22. The fraction of sp³-hybridized carbons (Fsp3) is 0.263. The predicted molar refractivity (Wildman–Crippen MR) is 110 cm³/mol. The molecule has 0 aliphatic carbocycles. The van der Waals surface area contributed by atoms with E-state index in [-0.39, 0.29) is 5.91 Å². The van der Waals surface area contributed by atoms with Crippen molar-refractivity contribution in [3.8, 4) is 5.75 Å². The van der Waals surface area contributed by atoms with Gasteiger partial charge in [0.2, 0.25) is 0 Å². The summed E-state index contributed by atoms with van der Waals surface area (Å²) in [5.41, 5.74) is 0.798. The van der Waals surface area contributed by atoms with Crippen LogP contribution >= 0.6 is 22.7 Å². The summed E-state index contributed by atoms with van der Waals surface area (Å²) < 4.78 is 6.41. The topological polar surface area (TPSA) is 46.9 Å². The van der Waals surface area contributed by atoms with Crippen LogP contribution in [0.15, 0.2) is 41.8 Å². The number of thiazole rings is 1. The Labute approximate surface area is 161 Å². The number of fused-ring (bicyclic) bond motifs is 1. The Morgan fingerprint density at radius 1 is 1.31 bits per heavy atom. The molecule has 0 aliphatic rings. The molecule has 5 nitrogen and oxygen atoms in total. The van der Waals surface area contributed by atoms with E-state index in [1.165, 1.54) is 16.2 Å². The summed E-state index contributed by atoms with van der Waals surface area (Å²) in [4.78, 5) is 21.6. The molecule has 2 aromatic heterocycles. The smallest absolute Gasteiger partial charge is 0.253 e. The summed E-state index contributed by atoms with van der Waals surface area (Å²) in [7, 11) is 5.78. The van der Waals surface area contributed by atoms with E-state index in [4.69, 9.17) is 4.74 Å². The highest BCUT2D eigenvalue weighted by Gasteiger charge is 2.20. The quantitative estimate of drug-likeness (QED) is 0.633. The molecule has 1 N–H and O–H groups in total. The highest BCUT2D eigenvalue weighted by atomic mass is 32.1. The summed E-state index contributed by atoms with van der Waals surface area (Å²) in [6.45, 7) is 1.45. The number of carbonyl (C=O) groups is 1. The zero-order valence-electron chi connectivity index (χ0n) is 15.1. The fourth-order valence-electron chi connectivity index (χ4n) is 2.46. The van der Waals surface area contributed by atoms with E-state index >= 15 is 0 Å². The Kier molecular flexibility index (Phi) is 6.03. The molecule has 2 heterocycles. The lowest BCUT2D eigenvalue weighted by molar-refractivity contribution is -0.856. The van der Waals surface area contributed by atoms with Gasteiger partial charge in [0.1, 0.15) is 11.3 Å². The van der Waals surface area contributed by atoms with E-state index in [2.05, 4.69) is 19.1 Å². The molecular formula is C19H22N3O2S2+. The molecule has 26 heavy (non-hydrogen) atoms. The van der Waals surface area contributed by atoms with Gasteiger partial charge in [0.15, 0.2) is 5.13 Å². The molecule has 0 spiro atoms. The number of likely N-dealkylation sites (N-methyl/N-ethyl adjacent to an activating group) is 1. The number of aromatic nitrogens is 1. The molecule has 0 radical (unpaired) electrons. The zero-order valence-corrected chi connectivity index (χ0v) is 16.7. The molecule has 0 saturated carbocycles. The molecular weight excluding hydrogens is 366 g/mol. The molecule has 1 amide bonds. The molecule has 0 atom stereocenters. The van der Waals surface area contributed by atoms with Gasteiger partial charge in [-0.25, -0.2) is 4.98 Å². The number of ether oxygens (including phenoxy) is 1. The first-order valence-corrected chi connectivity index (χ1v) is 10.0. The predicted octanol–water partition coefficient (Wildman–Crippen LogP) is 2.56. The van der Waals surface area contributed by atoms with Crippen LogP contribution in [0.1, 0.15) is 4.88 Å². The number of methoxy groups -OCH3 is 1. The highest BCUT2D eigenvalue weighted by Crippen LogP contribution is 2.34. The second-order valence-electron chi connectivity index (χ2n) is 6.10. The fourth-order valence-corrected chi connectivity index (χ4v) is 4.09. The van der Waals surface area contributed by atoms with Gasteiger partial charge in [-0.1, -0.05) is 23.5 Å². The number of quaternary nitrogens is 1. The molecule has 1 aromatic carbocycles. The third kappa shape index (κ3) is 4.30.